The molecule has 0 saturated heterocycles. The zero-order valence-electron chi connectivity index (χ0n) is 24.9. The van der Waals surface area contributed by atoms with Crippen LogP contribution in [0.3, 0.4) is 0 Å². The van der Waals surface area contributed by atoms with Gasteiger partial charge in [0.05, 0.1) is 5.41 Å². The van der Waals surface area contributed by atoms with E-state index in [1.165, 1.54) is 63.3 Å². The molecule has 0 amide bonds. The van der Waals surface area contributed by atoms with E-state index in [1.807, 2.05) is 23.1 Å². The predicted octanol–water partition coefficient (Wildman–Crippen LogP) is 12.4. The summed E-state index contributed by atoms with van der Waals surface area (Å²) in [6, 6.07) is 60.4. The highest BCUT2D eigenvalue weighted by atomic mass is 32.2. The molecule has 0 radical (unpaired) electrons. The van der Waals surface area contributed by atoms with Crippen LogP contribution in [0.5, 0.6) is 0 Å². The van der Waals surface area contributed by atoms with Gasteiger partial charge in [-0.3, -0.25) is 0 Å². The molecule has 0 saturated carbocycles. The average molecular weight is 622 g/mol. The lowest BCUT2D eigenvalue weighted by molar-refractivity contribution is 0.726. The highest BCUT2D eigenvalue weighted by Crippen LogP contribution is 2.64. The Balaban J connectivity index is 1.31. The zero-order valence-corrected chi connectivity index (χ0v) is 26.5. The van der Waals surface area contributed by atoms with Gasteiger partial charge in [-0.05, 0) is 81.9 Å². The van der Waals surface area contributed by atoms with Gasteiger partial charge in [-0.15, -0.1) is 11.3 Å². The summed E-state index contributed by atoms with van der Waals surface area (Å²) in [6.07, 6.45) is 0. The summed E-state index contributed by atoms with van der Waals surface area (Å²) >= 11 is 3.84. The molecule has 0 fully saturated rings. The van der Waals surface area contributed by atoms with Crippen LogP contribution in [0.2, 0.25) is 0 Å². The van der Waals surface area contributed by atoms with Crippen molar-refractivity contribution in [2.45, 2.75) is 15.2 Å². The first-order chi connectivity index (χ1) is 22.8. The normalized spacial score (nSPS) is 13.7. The van der Waals surface area contributed by atoms with Crippen molar-refractivity contribution in [1.82, 2.24) is 0 Å². The van der Waals surface area contributed by atoms with Crippen molar-refractivity contribution in [3.63, 3.8) is 0 Å². The fourth-order valence-electron chi connectivity index (χ4n) is 7.90. The third-order valence-electron chi connectivity index (χ3n) is 9.72. The average Bonchev–Trinajstić information content (AvgIpc) is 3.64. The second-order valence-electron chi connectivity index (χ2n) is 12.0. The minimum absolute atomic E-state index is 0.414. The second kappa shape index (κ2) is 9.95. The van der Waals surface area contributed by atoms with Gasteiger partial charge in [0.2, 0.25) is 0 Å². The van der Waals surface area contributed by atoms with E-state index in [1.54, 1.807) is 0 Å². The van der Waals surface area contributed by atoms with Gasteiger partial charge in [-0.1, -0.05) is 127 Å². The Hall–Kier alpha value is -5.09. The van der Waals surface area contributed by atoms with E-state index in [4.69, 9.17) is 0 Å². The molecular formula is C43H27NS2. The molecule has 3 heteroatoms. The number of anilines is 3. The number of para-hydroxylation sites is 2. The number of nitrogens with zero attached hydrogens (tertiary/aromatic N) is 1. The minimum atomic E-state index is -0.414. The Morgan fingerprint density at radius 1 is 0.435 bits per heavy atom. The minimum Gasteiger partial charge on any atom is -0.310 e. The molecule has 0 bridgehead atoms. The maximum absolute atomic E-state index is 2.43. The van der Waals surface area contributed by atoms with Crippen LogP contribution in [0.4, 0.5) is 17.1 Å². The van der Waals surface area contributed by atoms with Crippen LogP contribution < -0.4 is 4.90 Å². The number of fused-ring (bicyclic) bond motifs is 13. The Bertz CT molecular complexity index is 2370. The second-order valence-corrected chi connectivity index (χ2v) is 14.2. The summed E-state index contributed by atoms with van der Waals surface area (Å²) in [5.41, 5.74) is 11.2. The third-order valence-corrected chi connectivity index (χ3v) is 12.0. The smallest absolute Gasteiger partial charge is 0.0735 e. The maximum atomic E-state index is 2.43. The van der Waals surface area contributed by atoms with Crippen molar-refractivity contribution in [3.8, 4) is 11.1 Å². The zero-order chi connectivity index (χ0) is 30.2. The largest absolute Gasteiger partial charge is 0.310 e. The molecule has 10 rings (SSSR count). The van der Waals surface area contributed by atoms with Gasteiger partial charge < -0.3 is 4.90 Å². The monoisotopic (exact) mass is 621 g/mol. The highest BCUT2D eigenvalue weighted by Gasteiger charge is 2.50. The van der Waals surface area contributed by atoms with Crippen LogP contribution in [0.25, 0.3) is 31.3 Å². The number of benzene rings is 7. The first-order valence-electron chi connectivity index (χ1n) is 15.7. The van der Waals surface area contributed by atoms with Crippen LogP contribution in [-0.4, -0.2) is 0 Å². The Kier molecular flexibility index (Phi) is 5.66. The van der Waals surface area contributed by atoms with Gasteiger partial charge in [0.15, 0.2) is 0 Å². The van der Waals surface area contributed by atoms with Crippen molar-refractivity contribution in [2.75, 3.05) is 4.90 Å². The molecule has 1 spiro atoms. The molecule has 0 atom stereocenters. The van der Waals surface area contributed by atoms with Gasteiger partial charge in [-0.25, -0.2) is 0 Å². The molecule has 2 aliphatic rings. The van der Waals surface area contributed by atoms with Crippen molar-refractivity contribution >= 4 is 60.3 Å². The van der Waals surface area contributed by atoms with Gasteiger partial charge >= 0.3 is 0 Å². The van der Waals surface area contributed by atoms with E-state index in [-0.39, 0.29) is 0 Å². The lowest BCUT2D eigenvalue weighted by atomic mass is 9.67. The third kappa shape index (κ3) is 3.53. The number of rotatable bonds is 3. The maximum Gasteiger partial charge on any atom is 0.0735 e. The van der Waals surface area contributed by atoms with Gasteiger partial charge in [0.1, 0.15) is 0 Å². The van der Waals surface area contributed by atoms with E-state index >= 15 is 0 Å². The summed E-state index contributed by atoms with van der Waals surface area (Å²) in [5, 5.41) is 2.72. The van der Waals surface area contributed by atoms with E-state index in [0.29, 0.717) is 0 Å². The van der Waals surface area contributed by atoms with Crippen LogP contribution in [0, 0.1) is 0 Å². The molecule has 46 heavy (non-hydrogen) atoms. The molecule has 1 aliphatic heterocycles. The molecule has 2 heterocycles. The molecule has 1 aliphatic carbocycles. The van der Waals surface area contributed by atoms with Gasteiger partial charge in [0.25, 0.3) is 0 Å². The van der Waals surface area contributed by atoms with Crippen LogP contribution in [0.1, 0.15) is 22.3 Å². The lowest BCUT2D eigenvalue weighted by Crippen LogP contribution is -2.32. The first-order valence-corrected chi connectivity index (χ1v) is 17.3. The Morgan fingerprint density at radius 2 is 1.02 bits per heavy atom. The molecule has 0 unspecified atom stereocenters. The molecule has 1 nitrogen and oxygen atoms in total. The van der Waals surface area contributed by atoms with E-state index in [0.717, 1.165) is 17.1 Å². The number of hydrogen-bond acceptors (Lipinski definition) is 3. The number of thiophene rings is 1. The fourth-order valence-corrected chi connectivity index (χ4v) is 10.5. The summed E-state index contributed by atoms with van der Waals surface area (Å²) in [5.74, 6) is 0. The van der Waals surface area contributed by atoms with Crippen molar-refractivity contribution in [3.05, 3.63) is 186 Å². The molecule has 216 valence electrons. The molecule has 1 aromatic heterocycles. The van der Waals surface area contributed by atoms with E-state index in [9.17, 15) is 0 Å². The first kappa shape index (κ1) is 26.2. The summed E-state index contributed by atoms with van der Waals surface area (Å²) in [7, 11) is 0. The highest BCUT2D eigenvalue weighted by molar-refractivity contribution is 7.99. The molecular weight excluding hydrogens is 595 g/mol. The number of hydrogen-bond donors (Lipinski definition) is 0. The van der Waals surface area contributed by atoms with Gasteiger partial charge in [-0.2, -0.15) is 0 Å². The molecule has 8 aromatic rings. The van der Waals surface area contributed by atoms with Gasteiger partial charge in [0, 0.05) is 47.0 Å². The molecule has 0 N–H and O–H groups in total. The standard InChI is InChI=1S/C43H27NS2/c1-3-13-28(14-4-1)44(29-15-5-2-6-16-29)30-23-24-36-40(27-30)46-42-37(25-26-39-41(42)33-19-9-12-22-38(33)45-39)43(36)34-20-10-7-17-31(34)32-18-8-11-21-35(32)43/h1-27H. The van der Waals surface area contributed by atoms with Crippen LogP contribution in [0.15, 0.2) is 174 Å². The topological polar surface area (TPSA) is 3.24 Å². The molecule has 7 aromatic carbocycles. The quantitative estimate of drug-likeness (QED) is 0.193. The van der Waals surface area contributed by atoms with Crippen LogP contribution >= 0.6 is 23.1 Å². The van der Waals surface area contributed by atoms with Crippen molar-refractivity contribution in [2.24, 2.45) is 0 Å². The Labute approximate surface area is 276 Å². The summed E-state index contributed by atoms with van der Waals surface area (Å²) in [4.78, 5) is 5.05. The summed E-state index contributed by atoms with van der Waals surface area (Å²) in [6.45, 7) is 0. The lowest BCUT2D eigenvalue weighted by Gasteiger charge is -2.40. The van der Waals surface area contributed by atoms with Crippen molar-refractivity contribution in [1.29, 1.82) is 0 Å². The van der Waals surface area contributed by atoms with Crippen LogP contribution in [-0.2, 0) is 5.41 Å². The van der Waals surface area contributed by atoms with Crippen molar-refractivity contribution < 1.29 is 0 Å². The van der Waals surface area contributed by atoms with E-state index < -0.39 is 5.41 Å². The Morgan fingerprint density at radius 3 is 1.72 bits per heavy atom. The SMILES string of the molecule is c1ccc(N(c2ccccc2)c2ccc3c(c2)Sc2c(ccc4sc5ccccc5c24)C32c3ccccc3-c3ccccc32)cc1. The fraction of sp³-hybridized carbons (Fsp3) is 0.0233. The predicted molar refractivity (Wildman–Crippen MR) is 195 cm³/mol. The summed E-state index contributed by atoms with van der Waals surface area (Å²) < 4.78 is 2.68. The van der Waals surface area contributed by atoms with E-state index in [2.05, 4.69) is 169 Å².